The molecule has 0 heterocycles. The van der Waals surface area contributed by atoms with Gasteiger partial charge in [0, 0.05) is 12.3 Å². The zero-order valence-electron chi connectivity index (χ0n) is 6.68. The van der Waals surface area contributed by atoms with Crippen LogP contribution >= 0.6 is 0 Å². The second-order valence-electron chi connectivity index (χ2n) is 4.23. The van der Waals surface area contributed by atoms with Gasteiger partial charge in [-0.25, -0.2) is 0 Å². The maximum absolute atomic E-state index is 11.2. The van der Waals surface area contributed by atoms with Crippen LogP contribution in [-0.4, -0.2) is 5.78 Å². The molecule has 0 aromatic heterocycles. The van der Waals surface area contributed by atoms with Crippen LogP contribution in [0.15, 0.2) is 0 Å². The van der Waals surface area contributed by atoms with E-state index in [4.69, 9.17) is 0 Å². The van der Waals surface area contributed by atoms with Crippen LogP contribution in [0.2, 0.25) is 0 Å². The van der Waals surface area contributed by atoms with Gasteiger partial charge >= 0.3 is 0 Å². The van der Waals surface area contributed by atoms with E-state index in [1.807, 2.05) is 0 Å². The lowest BCUT2D eigenvalue weighted by molar-refractivity contribution is -0.120. The van der Waals surface area contributed by atoms with Crippen LogP contribution in [-0.2, 0) is 4.79 Å². The predicted octanol–water partition coefficient (Wildman–Crippen LogP) is 2.01. The number of hydrogen-bond donors (Lipinski definition) is 0. The van der Waals surface area contributed by atoms with Crippen molar-refractivity contribution >= 4 is 5.78 Å². The molecule has 10 heavy (non-hydrogen) atoms. The van der Waals surface area contributed by atoms with Gasteiger partial charge in [-0.3, -0.25) is 4.79 Å². The van der Waals surface area contributed by atoms with Crippen LogP contribution < -0.4 is 0 Å². The van der Waals surface area contributed by atoms with Crippen molar-refractivity contribution in [3.8, 4) is 0 Å². The topological polar surface area (TPSA) is 17.1 Å². The Hall–Kier alpha value is -0.330. The number of Topliss-reactive ketones (excluding diaryl/α,β-unsaturated/α-hetero) is 1. The summed E-state index contributed by atoms with van der Waals surface area (Å²) in [5.41, 5.74) is 0.427. The van der Waals surface area contributed by atoms with E-state index in [0.717, 1.165) is 12.3 Å². The molecule has 2 rings (SSSR count). The molecule has 2 saturated carbocycles. The highest BCUT2D eigenvalue weighted by Crippen LogP contribution is 2.57. The van der Waals surface area contributed by atoms with Crippen molar-refractivity contribution in [2.45, 2.75) is 33.1 Å². The normalized spacial score (nSPS) is 52.4. The highest BCUT2D eigenvalue weighted by molar-refractivity contribution is 5.84. The van der Waals surface area contributed by atoms with E-state index in [9.17, 15) is 4.79 Å². The van der Waals surface area contributed by atoms with Gasteiger partial charge < -0.3 is 0 Å². The molecule has 56 valence electrons. The van der Waals surface area contributed by atoms with E-state index in [1.54, 1.807) is 0 Å². The maximum Gasteiger partial charge on any atom is 0.136 e. The van der Waals surface area contributed by atoms with Gasteiger partial charge in [-0.2, -0.15) is 0 Å². The van der Waals surface area contributed by atoms with Crippen molar-refractivity contribution in [2.24, 2.45) is 17.3 Å². The lowest BCUT2D eigenvalue weighted by Gasteiger charge is -2.42. The number of ketones is 1. The summed E-state index contributed by atoms with van der Waals surface area (Å²) in [5, 5.41) is 0. The third kappa shape index (κ3) is 0.561. The van der Waals surface area contributed by atoms with Crippen LogP contribution in [0, 0.1) is 17.3 Å². The molecule has 0 bridgehead atoms. The molecular formula is C9H14O. The zero-order chi connectivity index (χ0) is 7.35. The van der Waals surface area contributed by atoms with Gasteiger partial charge in [0.25, 0.3) is 0 Å². The Morgan fingerprint density at radius 2 is 2.30 bits per heavy atom. The van der Waals surface area contributed by atoms with Gasteiger partial charge in [0.05, 0.1) is 0 Å². The van der Waals surface area contributed by atoms with Gasteiger partial charge in [0.15, 0.2) is 0 Å². The number of rotatable bonds is 0. The van der Waals surface area contributed by atoms with Crippen LogP contribution in [0.4, 0.5) is 0 Å². The van der Waals surface area contributed by atoms with Crippen molar-refractivity contribution < 1.29 is 4.79 Å². The number of carbonyl (C=O) groups excluding carboxylic acids is 1. The molecule has 0 unspecified atom stereocenters. The summed E-state index contributed by atoms with van der Waals surface area (Å²) in [7, 11) is 0. The molecule has 0 aromatic carbocycles. The fraction of sp³-hybridized carbons (Fsp3) is 0.889. The van der Waals surface area contributed by atoms with Crippen LogP contribution in [0.3, 0.4) is 0 Å². The average molecular weight is 138 g/mol. The van der Waals surface area contributed by atoms with Gasteiger partial charge in [-0.15, -0.1) is 0 Å². The highest BCUT2D eigenvalue weighted by atomic mass is 16.1. The summed E-state index contributed by atoms with van der Waals surface area (Å²) in [6.45, 7) is 4.36. The number of hydrogen-bond acceptors (Lipinski definition) is 1. The third-order valence-corrected chi connectivity index (χ3v) is 3.61. The van der Waals surface area contributed by atoms with Crippen molar-refractivity contribution in [1.29, 1.82) is 0 Å². The van der Waals surface area contributed by atoms with Crippen molar-refractivity contribution in [1.82, 2.24) is 0 Å². The second-order valence-corrected chi connectivity index (χ2v) is 4.23. The molecule has 2 aliphatic rings. The largest absolute Gasteiger partial charge is 0.299 e. The Bertz CT molecular complexity index is 185. The van der Waals surface area contributed by atoms with E-state index in [1.165, 1.54) is 12.8 Å². The van der Waals surface area contributed by atoms with Gasteiger partial charge in [0.1, 0.15) is 5.78 Å². The standard InChI is InChI=1S/C9H14O/c1-6-7-3-4-9(7,2)5-8(6)10/h6-7H,3-5H2,1-2H3/t6-,7+,9-/m1/s1. The third-order valence-electron chi connectivity index (χ3n) is 3.61. The highest BCUT2D eigenvalue weighted by Gasteiger charge is 2.53. The second kappa shape index (κ2) is 1.63. The molecule has 2 fully saturated rings. The maximum atomic E-state index is 11.2. The lowest BCUT2D eigenvalue weighted by Crippen LogP contribution is -2.34. The Morgan fingerprint density at radius 1 is 1.60 bits per heavy atom. The molecular weight excluding hydrogens is 124 g/mol. The smallest absolute Gasteiger partial charge is 0.136 e. The molecule has 1 nitrogen and oxygen atoms in total. The van der Waals surface area contributed by atoms with Gasteiger partial charge in [-0.05, 0) is 24.2 Å². The fourth-order valence-corrected chi connectivity index (χ4v) is 2.66. The van der Waals surface area contributed by atoms with E-state index < -0.39 is 0 Å². The quantitative estimate of drug-likeness (QED) is 0.500. The van der Waals surface area contributed by atoms with Gasteiger partial charge in [-0.1, -0.05) is 13.8 Å². The molecule has 0 aliphatic heterocycles. The predicted molar refractivity (Wildman–Crippen MR) is 39.6 cm³/mol. The minimum Gasteiger partial charge on any atom is -0.299 e. The lowest BCUT2D eigenvalue weighted by atomic mass is 9.62. The minimum atomic E-state index is 0.374. The molecule has 0 aromatic rings. The number of carbonyl (C=O) groups is 1. The monoisotopic (exact) mass is 138 g/mol. The van der Waals surface area contributed by atoms with E-state index in [-0.39, 0.29) is 0 Å². The fourth-order valence-electron chi connectivity index (χ4n) is 2.66. The van der Waals surface area contributed by atoms with Crippen LogP contribution in [0.1, 0.15) is 33.1 Å². The number of fused-ring (bicyclic) bond motifs is 1. The van der Waals surface area contributed by atoms with E-state index in [2.05, 4.69) is 13.8 Å². The first-order valence-electron chi connectivity index (χ1n) is 4.16. The Labute approximate surface area is 61.8 Å². The summed E-state index contributed by atoms with van der Waals surface area (Å²) < 4.78 is 0. The van der Waals surface area contributed by atoms with Crippen LogP contribution in [0.5, 0.6) is 0 Å². The SMILES string of the molecule is C[C@H]1C(=O)C[C@@]2(C)CC[C@@H]12. The van der Waals surface area contributed by atoms with Crippen molar-refractivity contribution in [2.75, 3.05) is 0 Å². The molecule has 0 radical (unpaired) electrons. The Balaban J connectivity index is 2.25. The van der Waals surface area contributed by atoms with Crippen LogP contribution in [0.25, 0.3) is 0 Å². The first-order chi connectivity index (χ1) is 4.63. The summed E-state index contributed by atoms with van der Waals surface area (Å²) in [6.07, 6.45) is 3.44. The van der Waals surface area contributed by atoms with E-state index in [0.29, 0.717) is 17.1 Å². The molecule has 3 atom stereocenters. The minimum absolute atomic E-state index is 0.374. The Morgan fingerprint density at radius 3 is 2.50 bits per heavy atom. The molecule has 0 spiro atoms. The first-order valence-corrected chi connectivity index (χ1v) is 4.16. The first kappa shape index (κ1) is 6.38. The molecule has 0 amide bonds. The molecule has 0 N–H and O–H groups in total. The van der Waals surface area contributed by atoms with E-state index >= 15 is 0 Å². The summed E-state index contributed by atoms with van der Waals surface area (Å²) in [4.78, 5) is 11.2. The molecule has 1 heteroatoms. The average Bonchev–Trinajstić information content (AvgIpc) is 1.95. The van der Waals surface area contributed by atoms with Gasteiger partial charge in [0.2, 0.25) is 0 Å². The molecule has 0 saturated heterocycles. The summed E-state index contributed by atoms with van der Waals surface area (Å²) in [5.74, 6) is 1.61. The zero-order valence-corrected chi connectivity index (χ0v) is 6.68. The van der Waals surface area contributed by atoms with Crippen molar-refractivity contribution in [3.63, 3.8) is 0 Å². The van der Waals surface area contributed by atoms with Crippen molar-refractivity contribution in [3.05, 3.63) is 0 Å². The summed E-state index contributed by atoms with van der Waals surface area (Å²) in [6, 6.07) is 0. The Kier molecular flexibility index (Phi) is 1.04. The summed E-state index contributed by atoms with van der Waals surface area (Å²) >= 11 is 0. The molecule has 2 aliphatic carbocycles.